The number of hydrogen-bond acceptors (Lipinski definition) is 10. The fourth-order valence-electron chi connectivity index (χ4n) is 6.17. The van der Waals surface area contributed by atoms with E-state index in [9.17, 15) is 30.0 Å². The molecule has 10 nitrogen and oxygen atoms in total. The van der Waals surface area contributed by atoms with Crippen LogP contribution in [0.4, 0.5) is 0 Å². The second kappa shape index (κ2) is 36.7. The summed E-state index contributed by atoms with van der Waals surface area (Å²) in [5.74, 6) is -0.905. The minimum atomic E-state index is -1.61. The Hall–Kier alpha value is -2.60. The summed E-state index contributed by atoms with van der Waals surface area (Å²) >= 11 is 0. The number of hydrogen-bond donors (Lipinski definition) is 4. The summed E-state index contributed by atoms with van der Waals surface area (Å²) in [5.41, 5.74) is 0. The third-order valence-electron chi connectivity index (χ3n) is 9.67. The molecule has 0 spiro atoms. The van der Waals surface area contributed by atoms with Crippen LogP contribution < -0.4 is 0 Å². The Morgan fingerprint density at radius 3 is 1.57 bits per heavy atom. The van der Waals surface area contributed by atoms with Crippen molar-refractivity contribution in [2.24, 2.45) is 0 Å². The fraction of sp³-hybridized carbons (Fsp3) is 0.739. The van der Waals surface area contributed by atoms with Gasteiger partial charge in [0.1, 0.15) is 31.0 Å². The van der Waals surface area contributed by atoms with Crippen LogP contribution in [-0.4, -0.2) is 89.0 Å². The quantitative estimate of drug-likeness (QED) is 0.0278. The van der Waals surface area contributed by atoms with E-state index in [0.717, 1.165) is 51.4 Å². The molecule has 322 valence electrons. The molecule has 0 aromatic rings. The van der Waals surface area contributed by atoms with Crippen LogP contribution in [0.15, 0.2) is 60.8 Å². The molecule has 0 bridgehead atoms. The molecule has 56 heavy (non-hydrogen) atoms. The van der Waals surface area contributed by atoms with Crippen molar-refractivity contribution in [3.63, 3.8) is 0 Å². The first-order valence-electron chi connectivity index (χ1n) is 21.9. The number of unbranched alkanes of at least 4 members (excludes halogenated alkanes) is 14. The van der Waals surface area contributed by atoms with Gasteiger partial charge in [0, 0.05) is 12.8 Å². The van der Waals surface area contributed by atoms with Crippen LogP contribution in [0.1, 0.15) is 162 Å². The average molecular weight is 791 g/mol. The zero-order valence-corrected chi connectivity index (χ0v) is 34.9. The third kappa shape index (κ3) is 27.9. The first kappa shape index (κ1) is 51.4. The Bertz CT molecular complexity index is 1100. The maximum Gasteiger partial charge on any atom is 0.306 e. The molecule has 1 heterocycles. The molecule has 1 rings (SSSR count). The number of ether oxygens (including phenoxy) is 4. The van der Waals surface area contributed by atoms with Gasteiger partial charge in [-0.3, -0.25) is 9.59 Å². The smallest absolute Gasteiger partial charge is 0.306 e. The molecule has 0 amide bonds. The Balaban J connectivity index is 2.41. The summed E-state index contributed by atoms with van der Waals surface area (Å²) in [4.78, 5) is 25.2. The topological polar surface area (TPSA) is 152 Å². The van der Waals surface area contributed by atoms with E-state index in [4.69, 9.17) is 18.9 Å². The van der Waals surface area contributed by atoms with Crippen molar-refractivity contribution in [1.29, 1.82) is 0 Å². The van der Waals surface area contributed by atoms with Gasteiger partial charge in [0.2, 0.25) is 0 Å². The molecular formula is C46H78O10. The van der Waals surface area contributed by atoms with Gasteiger partial charge in [0.15, 0.2) is 12.4 Å². The van der Waals surface area contributed by atoms with Gasteiger partial charge in [-0.15, -0.1) is 0 Å². The van der Waals surface area contributed by atoms with Crippen LogP contribution in [0, 0.1) is 0 Å². The van der Waals surface area contributed by atoms with Crippen molar-refractivity contribution < 1.29 is 49.0 Å². The molecule has 1 saturated heterocycles. The number of rotatable bonds is 35. The molecule has 1 fully saturated rings. The van der Waals surface area contributed by atoms with E-state index >= 15 is 0 Å². The summed E-state index contributed by atoms with van der Waals surface area (Å²) in [6.45, 7) is 3.30. The highest BCUT2D eigenvalue weighted by molar-refractivity contribution is 5.70. The van der Waals surface area contributed by atoms with Crippen molar-refractivity contribution in [1.82, 2.24) is 0 Å². The minimum Gasteiger partial charge on any atom is -0.462 e. The van der Waals surface area contributed by atoms with Gasteiger partial charge in [-0.25, -0.2) is 0 Å². The van der Waals surface area contributed by atoms with Crippen LogP contribution in [0.25, 0.3) is 0 Å². The monoisotopic (exact) mass is 791 g/mol. The van der Waals surface area contributed by atoms with E-state index in [-0.39, 0.29) is 26.1 Å². The maximum atomic E-state index is 12.7. The van der Waals surface area contributed by atoms with Gasteiger partial charge in [0.25, 0.3) is 0 Å². The molecule has 4 N–H and O–H groups in total. The predicted molar refractivity (Wildman–Crippen MR) is 224 cm³/mol. The summed E-state index contributed by atoms with van der Waals surface area (Å²) in [6.07, 6.45) is 36.7. The van der Waals surface area contributed by atoms with E-state index in [1.165, 1.54) is 77.0 Å². The highest BCUT2D eigenvalue weighted by atomic mass is 16.7. The standard InChI is InChI=1S/C46H78O10/c1-3-5-7-9-11-13-15-17-18-19-20-21-22-23-25-27-29-31-33-35-42(49)55-39(38-54-46-45(52)44(51)43(50)40(36-47)56-46)37-53-41(48)34-32-30-28-26-24-16-14-12-10-8-6-4-2/h11,13,17-18,20-21,23,25,29,31,39-40,43-47,50-52H,3-10,12,14-16,19,22,24,26-28,30,32-38H2,1-2H3/b13-11+,18-17+,21-20+,25-23+,31-29+/t39-,40-,43+,44?,45?,46-/m1/s1. The Morgan fingerprint density at radius 2 is 1.04 bits per heavy atom. The zero-order chi connectivity index (χ0) is 40.9. The van der Waals surface area contributed by atoms with Crippen LogP contribution in [-0.2, 0) is 28.5 Å². The summed E-state index contributed by atoms with van der Waals surface area (Å²) in [7, 11) is 0. The normalized spacial score (nSPS) is 21.0. The summed E-state index contributed by atoms with van der Waals surface area (Å²) in [6, 6.07) is 0. The van der Waals surface area contributed by atoms with E-state index in [2.05, 4.69) is 62.5 Å². The molecule has 0 aromatic carbocycles. The van der Waals surface area contributed by atoms with Crippen LogP contribution in [0.5, 0.6) is 0 Å². The van der Waals surface area contributed by atoms with Gasteiger partial charge < -0.3 is 39.4 Å². The molecule has 0 radical (unpaired) electrons. The molecule has 10 heteroatoms. The first-order chi connectivity index (χ1) is 27.3. The van der Waals surface area contributed by atoms with Crippen molar-refractivity contribution in [2.45, 2.75) is 198 Å². The molecule has 6 atom stereocenters. The number of aliphatic hydroxyl groups excluding tert-OH is 4. The Morgan fingerprint density at radius 1 is 0.554 bits per heavy atom. The lowest BCUT2D eigenvalue weighted by Crippen LogP contribution is -2.59. The van der Waals surface area contributed by atoms with Crippen molar-refractivity contribution in [2.75, 3.05) is 19.8 Å². The zero-order valence-electron chi connectivity index (χ0n) is 34.9. The molecule has 0 saturated carbocycles. The van der Waals surface area contributed by atoms with Crippen molar-refractivity contribution >= 4 is 11.9 Å². The highest BCUT2D eigenvalue weighted by Crippen LogP contribution is 2.22. The fourth-order valence-corrected chi connectivity index (χ4v) is 6.17. The summed E-state index contributed by atoms with van der Waals surface area (Å²) < 4.78 is 22.0. The molecular weight excluding hydrogens is 712 g/mol. The van der Waals surface area contributed by atoms with Gasteiger partial charge in [-0.2, -0.15) is 0 Å². The lowest BCUT2D eigenvalue weighted by atomic mass is 9.99. The van der Waals surface area contributed by atoms with E-state index < -0.39 is 55.4 Å². The van der Waals surface area contributed by atoms with E-state index in [0.29, 0.717) is 6.42 Å². The number of aliphatic hydroxyl groups is 4. The average Bonchev–Trinajstić information content (AvgIpc) is 3.19. The highest BCUT2D eigenvalue weighted by Gasteiger charge is 2.44. The van der Waals surface area contributed by atoms with Crippen LogP contribution in [0.3, 0.4) is 0 Å². The molecule has 2 unspecified atom stereocenters. The molecule has 1 aliphatic rings. The maximum absolute atomic E-state index is 12.7. The number of carbonyl (C=O) groups is 2. The molecule has 1 aliphatic heterocycles. The van der Waals surface area contributed by atoms with Gasteiger partial charge in [-0.1, -0.05) is 158 Å². The largest absolute Gasteiger partial charge is 0.462 e. The predicted octanol–water partition coefficient (Wildman–Crippen LogP) is 9.05. The van der Waals surface area contributed by atoms with E-state index in [1.54, 1.807) is 0 Å². The lowest BCUT2D eigenvalue weighted by Gasteiger charge is -2.39. The van der Waals surface area contributed by atoms with Crippen LogP contribution >= 0.6 is 0 Å². The lowest BCUT2D eigenvalue weighted by molar-refractivity contribution is -0.305. The van der Waals surface area contributed by atoms with Crippen LogP contribution in [0.2, 0.25) is 0 Å². The number of esters is 2. The second-order valence-electron chi connectivity index (χ2n) is 14.8. The summed E-state index contributed by atoms with van der Waals surface area (Å²) in [5, 5.41) is 40.0. The first-order valence-corrected chi connectivity index (χ1v) is 21.9. The minimum absolute atomic E-state index is 0.106. The van der Waals surface area contributed by atoms with Gasteiger partial charge in [-0.05, 0) is 51.4 Å². The second-order valence-corrected chi connectivity index (χ2v) is 14.8. The molecule has 0 aromatic heterocycles. The Kier molecular flexibility index (Phi) is 33.7. The van der Waals surface area contributed by atoms with Gasteiger partial charge >= 0.3 is 11.9 Å². The van der Waals surface area contributed by atoms with Crippen molar-refractivity contribution in [3.8, 4) is 0 Å². The Labute approximate surface area is 339 Å². The third-order valence-corrected chi connectivity index (χ3v) is 9.67. The van der Waals surface area contributed by atoms with Crippen molar-refractivity contribution in [3.05, 3.63) is 60.8 Å². The number of carbonyl (C=O) groups excluding carboxylic acids is 2. The molecule has 0 aliphatic carbocycles. The number of allylic oxidation sites excluding steroid dienone is 10. The van der Waals surface area contributed by atoms with E-state index in [1.807, 2.05) is 12.2 Å². The SMILES string of the molecule is CCCCC/C=C/C/C=C/C/C=C/C/C=C/C/C=C/CCC(=O)O[C@H](COC(=O)CCCCCCCCCCCCCC)CO[C@@H]1O[C@H](CO)[C@H](O)C(O)C1O. The van der Waals surface area contributed by atoms with Gasteiger partial charge in [0.05, 0.1) is 13.2 Å².